The molecule has 1 heterocycles. The zero-order chi connectivity index (χ0) is 10.8. The molecule has 0 saturated heterocycles. The molecular weight excluding hydrogens is 197 g/mol. The number of rotatable bonds is 1. The Bertz CT molecular complexity index is 404. The number of carbonyl (C=O) groups excluding carboxylic acids is 1. The molecule has 0 aromatic heterocycles. The molecule has 15 heavy (non-hydrogen) atoms. The molecular formula is C11H12FNO2. The van der Waals surface area contributed by atoms with Crippen molar-refractivity contribution in [2.24, 2.45) is 0 Å². The van der Waals surface area contributed by atoms with Gasteiger partial charge in [-0.25, -0.2) is 9.18 Å². The fourth-order valence-electron chi connectivity index (χ4n) is 1.83. The van der Waals surface area contributed by atoms with Crippen molar-refractivity contribution < 1.29 is 13.9 Å². The third-order valence-corrected chi connectivity index (χ3v) is 2.57. The highest BCUT2D eigenvalue weighted by Gasteiger charge is 2.20. The van der Waals surface area contributed by atoms with E-state index in [-0.39, 0.29) is 5.82 Å². The zero-order valence-electron chi connectivity index (χ0n) is 8.47. The highest BCUT2D eigenvalue weighted by Crippen LogP contribution is 2.28. The second kappa shape index (κ2) is 3.88. The molecule has 4 heteroatoms. The number of ether oxygens (including phenoxy) is 1. The van der Waals surface area contributed by atoms with Crippen molar-refractivity contribution in [1.29, 1.82) is 0 Å². The van der Waals surface area contributed by atoms with Gasteiger partial charge in [0.25, 0.3) is 0 Å². The summed E-state index contributed by atoms with van der Waals surface area (Å²) in [6.07, 6.45) is 1.55. The number of carbonyl (C=O) groups is 1. The molecule has 1 aliphatic heterocycles. The summed E-state index contributed by atoms with van der Waals surface area (Å²) < 4.78 is 18.1. The van der Waals surface area contributed by atoms with Crippen LogP contribution in [-0.2, 0) is 11.2 Å². The molecule has 1 aromatic carbocycles. The SMILES string of the molecule is COC(=O)c1ccc(F)c2c1NCCC2. The first-order chi connectivity index (χ1) is 7.24. The summed E-state index contributed by atoms with van der Waals surface area (Å²) in [4.78, 5) is 11.4. The standard InChI is InChI=1S/C11H12FNO2/c1-15-11(14)8-4-5-9(12)7-3-2-6-13-10(7)8/h4-5,13H,2-3,6H2,1H3. The third-order valence-electron chi connectivity index (χ3n) is 2.57. The number of anilines is 1. The summed E-state index contributed by atoms with van der Waals surface area (Å²) in [6.45, 7) is 0.764. The summed E-state index contributed by atoms with van der Waals surface area (Å²) in [5.41, 5.74) is 1.59. The smallest absolute Gasteiger partial charge is 0.339 e. The Balaban J connectivity index is 2.52. The molecule has 0 radical (unpaired) electrons. The lowest BCUT2D eigenvalue weighted by Gasteiger charge is -2.20. The second-order valence-electron chi connectivity index (χ2n) is 3.47. The number of hydrogen-bond acceptors (Lipinski definition) is 3. The number of nitrogens with one attached hydrogen (secondary N) is 1. The fourth-order valence-corrected chi connectivity index (χ4v) is 1.83. The molecule has 0 unspecified atom stereocenters. The van der Waals surface area contributed by atoms with Gasteiger partial charge in [-0.15, -0.1) is 0 Å². The molecule has 0 amide bonds. The number of halogens is 1. The number of hydrogen-bond donors (Lipinski definition) is 1. The quantitative estimate of drug-likeness (QED) is 0.718. The second-order valence-corrected chi connectivity index (χ2v) is 3.47. The molecule has 0 bridgehead atoms. The summed E-state index contributed by atoms with van der Waals surface area (Å²) >= 11 is 0. The summed E-state index contributed by atoms with van der Waals surface area (Å²) in [7, 11) is 1.32. The Kier molecular flexibility index (Phi) is 2.58. The first kappa shape index (κ1) is 9.96. The van der Waals surface area contributed by atoms with E-state index < -0.39 is 5.97 Å². The van der Waals surface area contributed by atoms with Crippen molar-refractivity contribution in [1.82, 2.24) is 0 Å². The van der Waals surface area contributed by atoms with Gasteiger partial charge >= 0.3 is 5.97 Å². The van der Waals surface area contributed by atoms with Gasteiger partial charge in [0.1, 0.15) is 5.82 Å². The molecule has 0 saturated carbocycles. The number of benzene rings is 1. The molecule has 0 spiro atoms. The minimum absolute atomic E-state index is 0.259. The molecule has 0 aliphatic carbocycles. The molecule has 2 rings (SSSR count). The van der Waals surface area contributed by atoms with Gasteiger partial charge in [0.15, 0.2) is 0 Å². The van der Waals surface area contributed by atoms with Crippen LogP contribution in [0.2, 0.25) is 0 Å². The lowest BCUT2D eigenvalue weighted by molar-refractivity contribution is 0.0601. The first-order valence-electron chi connectivity index (χ1n) is 4.87. The van der Waals surface area contributed by atoms with E-state index in [1.54, 1.807) is 0 Å². The van der Waals surface area contributed by atoms with Crippen molar-refractivity contribution in [3.05, 3.63) is 29.1 Å². The van der Waals surface area contributed by atoms with Gasteiger partial charge in [0.05, 0.1) is 18.4 Å². The van der Waals surface area contributed by atoms with Crippen LogP contribution in [0.3, 0.4) is 0 Å². The van der Waals surface area contributed by atoms with Crippen LogP contribution in [-0.4, -0.2) is 19.6 Å². The molecule has 80 valence electrons. The van der Waals surface area contributed by atoms with Gasteiger partial charge in [0, 0.05) is 12.1 Å². The first-order valence-corrected chi connectivity index (χ1v) is 4.87. The molecule has 3 nitrogen and oxygen atoms in total. The van der Waals surface area contributed by atoms with E-state index in [4.69, 9.17) is 0 Å². The fraction of sp³-hybridized carbons (Fsp3) is 0.364. The molecule has 1 aromatic rings. The van der Waals surface area contributed by atoms with E-state index in [9.17, 15) is 9.18 Å². The minimum Gasteiger partial charge on any atom is -0.465 e. The molecule has 1 N–H and O–H groups in total. The third kappa shape index (κ3) is 1.67. The van der Waals surface area contributed by atoms with Gasteiger partial charge in [0.2, 0.25) is 0 Å². The van der Waals surface area contributed by atoms with Crippen LogP contribution in [0.1, 0.15) is 22.3 Å². The zero-order valence-corrected chi connectivity index (χ0v) is 8.47. The van der Waals surface area contributed by atoms with Crippen LogP contribution in [0.25, 0.3) is 0 Å². The summed E-state index contributed by atoms with van der Waals surface area (Å²) in [6, 6.07) is 2.77. The van der Waals surface area contributed by atoms with Crippen molar-refractivity contribution >= 4 is 11.7 Å². The molecule has 0 fully saturated rings. The maximum Gasteiger partial charge on any atom is 0.339 e. The van der Waals surface area contributed by atoms with Crippen LogP contribution in [0, 0.1) is 5.82 Å². The van der Waals surface area contributed by atoms with Crippen molar-refractivity contribution in [2.75, 3.05) is 19.0 Å². The topological polar surface area (TPSA) is 38.3 Å². The number of esters is 1. The Morgan fingerprint density at radius 1 is 1.53 bits per heavy atom. The van der Waals surface area contributed by atoms with Gasteiger partial charge in [-0.1, -0.05) is 0 Å². The van der Waals surface area contributed by atoms with E-state index in [1.165, 1.54) is 19.2 Å². The van der Waals surface area contributed by atoms with Crippen LogP contribution in [0.15, 0.2) is 12.1 Å². The highest BCUT2D eigenvalue weighted by atomic mass is 19.1. The van der Waals surface area contributed by atoms with E-state index in [2.05, 4.69) is 10.1 Å². The van der Waals surface area contributed by atoms with Crippen molar-refractivity contribution in [2.45, 2.75) is 12.8 Å². The maximum absolute atomic E-state index is 13.4. The Labute approximate surface area is 87.2 Å². The van der Waals surface area contributed by atoms with Gasteiger partial charge in [-0.2, -0.15) is 0 Å². The predicted molar refractivity (Wildman–Crippen MR) is 54.6 cm³/mol. The minimum atomic E-state index is -0.430. The average Bonchev–Trinajstić information content (AvgIpc) is 2.29. The molecule has 0 atom stereocenters. The van der Waals surface area contributed by atoms with E-state index >= 15 is 0 Å². The van der Waals surface area contributed by atoms with Crippen LogP contribution >= 0.6 is 0 Å². The maximum atomic E-state index is 13.4. The Morgan fingerprint density at radius 3 is 3.07 bits per heavy atom. The van der Waals surface area contributed by atoms with Crippen LogP contribution < -0.4 is 5.32 Å². The lowest BCUT2D eigenvalue weighted by atomic mass is 9.99. The van der Waals surface area contributed by atoms with Gasteiger partial charge < -0.3 is 10.1 Å². The average molecular weight is 209 g/mol. The van der Waals surface area contributed by atoms with E-state index in [0.29, 0.717) is 23.2 Å². The lowest BCUT2D eigenvalue weighted by Crippen LogP contribution is -2.17. The van der Waals surface area contributed by atoms with Crippen molar-refractivity contribution in [3.63, 3.8) is 0 Å². The predicted octanol–water partition coefficient (Wildman–Crippen LogP) is 1.97. The van der Waals surface area contributed by atoms with Gasteiger partial charge in [-0.3, -0.25) is 0 Å². The largest absolute Gasteiger partial charge is 0.465 e. The number of fused-ring (bicyclic) bond motifs is 1. The summed E-state index contributed by atoms with van der Waals surface area (Å²) in [5, 5.41) is 3.05. The van der Waals surface area contributed by atoms with Gasteiger partial charge in [-0.05, 0) is 25.0 Å². The Morgan fingerprint density at radius 2 is 2.33 bits per heavy atom. The Hall–Kier alpha value is -1.58. The van der Waals surface area contributed by atoms with Crippen molar-refractivity contribution in [3.8, 4) is 0 Å². The highest BCUT2D eigenvalue weighted by molar-refractivity contribution is 5.96. The van der Waals surface area contributed by atoms with Crippen LogP contribution in [0.4, 0.5) is 10.1 Å². The molecule has 1 aliphatic rings. The van der Waals surface area contributed by atoms with E-state index in [1.807, 2.05) is 0 Å². The van der Waals surface area contributed by atoms with Crippen LogP contribution in [0.5, 0.6) is 0 Å². The monoisotopic (exact) mass is 209 g/mol. The van der Waals surface area contributed by atoms with E-state index in [0.717, 1.165) is 13.0 Å². The normalized spacial score (nSPS) is 14.0. The number of methoxy groups -OCH3 is 1. The summed E-state index contributed by atoms with van der Waals surface area (Å²) in [5.74, 6) is -0.689.